The fourth-order valence-electron chi connectivity index (χ4n) is 6.58. The summed E-state index contributed by atoms with van der Waals surface area (Å²) in [5.41, 5.74) is 0. The summed E-state index contributed by atoms with van der Waals surface area (Å²) in [6.07, 6.45) is 19.0. The molecule has 314 valence electrons. The summed E-state index contributed by atoms with van der Waals surface area (Å²) in [5, 5.41) is 54.8. The van der Waals surface area contributed by atoms with E-state index in [0.717, 1.165) is 44.9 Å². The highest BCUT2D eigenvalue weighted by molar-refractivity contribution is 7.80. The average Bonchev–Trinajstić information content (AvgIpc) is 3.12. The van der Waals surface area contributed by atoms with E-state index in [-0.39, 0.29) is 6.42 Å². The van der Waals surface area contributed by atoms with Gasteiger partial charge in [-0.25, -0.2) is 4.18 Å². The van der Waals surface area contributed by atoms with Gasteiger partial charge in [0.25, 0.3) is 0 Å². The third-order valence-corrected chi connectivity index (χ3v) is 10.4. The van der Waals surface area contributed by atoms with E-state index in [1.54, 1.807) is 6.08 Å². The Morgan fingerprint density at radius 2 is 1.23 bits per heavy atom. The third-order valence-electron chi connectivity index (χ3n) is 9.93. The first-order valence-corrected chi connectivity index (χ1v) is 22.0. The maximum Gasteiger partial charge on any atom is 0.397 e. The number of aliphatic hydroxyl groups excluding tert-OH is 5. The van der Waals surface area contributed by atoms with Gasteiger partial charge in [0.15, 0.2) is 6.29 Å². The molecule has 13 nitrogen and oxygen atoms in total. The molecule has 0 radical (unpaired) electrons. The van der Waals surface area contributed by atoms with Crippen LogP contribution in [0.5, 0.6) is 0 Å². The molecule has 53 heavy (non-hydrogen) atoms. The van der Waals surface area contributed by atoms with Gasteiger partial charge in [0.2, 0.25) is 5.91 Å². The molecule has 1 amide bonds. The Morgan fingerprint density at radius 3 is 1.70 bits per heavy atom. The molecular formula is C39H75NO12S. The van der Waals surface area contributed by atoms with Crippen LogP contribution in [0.1, 0.15) is 168 Å². The van der Waals surface area contributed by atoms with E-state index in [4.69, 9.17) is 14.0 Å². The number of nitrogens with one attached hydrogen (secondary N) is 1. The normalized spacial score (nSPS) is 22.6. The van der Waals surface area contributed by atoms with E-state index >= 15 is 0 Å². The van der Waals surface area contributed by atoms with Crippen LogP contribution in [0.15, 0.2) is 12.2 Å². The second kappa shape index (κ2) is 31.0. The van der Waals surface area contributed by atoms with E-state index < -0.39 is 78.5 Å². The maximum absolute atomic E-state index is 13.0. The highest BCUT2D eigenvalue weighted by atomic mass is 32.3. The summed E-state index contributed by atoms with van der Waals surface area (Å²) in [6.45, 7) is 3.14. The third kappa shape index (κ3) is 24.1. The van der Waals surface area contributed by atoms with Crippen LogP contribution in [0.2, 0.25) is 0 Å². The van der Waals surface area contributed by atoms with Crippen LogP contribution < -0.4 is 5.32 Å². The summed E-state index contributed by atoms with van der Waals surface area (Å²) in [5.74, 6) is -0.704. The van der Waals surface area contributed by atoms with Crippen molar-refractivity contribution in [2.24, 2.45) is 0 Å². The fraction of sp³-hybridized carbons (Fsp3) is 0.923. The van der Waals surface area contributed by atoms with Gasteiger partial charge < -0.3 is 40.3 Å². The number of unbranched alkanes of at least 4 members (excludes halogenated alkanes) is 21. The Hall–Kier alpha value is -1.20. The van der Waals surface area contributed by atoms with Gasteiger partial charge in [-0.1, -0.05) is 161 Å². The van der Waals surface area contributed by atoms with Gasteiger partial charge in [-0.3, -0.25) is 9.35 Å². The van der Waals surface area contributed by atoms with E-state index in [1.165, 1.54) is 96.0 Å². The number of amides is 1. The molecule has 14 heteroatoms. The van der Waals surface area contributed by atoms with E-state index in [1.807, 2.05) is 0 Å². The molecule has 0 spiro atoms. The molecule has 0 aromatic carbocycles. The van der Waals surface area contributed by atoms with Gasteiger partial charge in [0, 0.05) is 0 Å². The monoisotopic (exact) mass is 782 g/mol. The van der Waals surface area contributed by atoms with Crippen LogP contribution in [0.25, 0.3) is 0 Å². The summed E-state index contributed by atoms with van der Waals surface area (Å²) in [7, 11) is -5.11. The summed E-state index contributed by atoms with van der Waals surface area (Å²) >= 11 is 0. The molecule has 0 aromatic rings. The smallest absolute Gasteiger partial charge is 0.394 e. The molecule has 1 fully saturated rings. The van der Waals surface area contributed by atoms with Crippen LogP contribution in [-0.4, -0.2) is 107 Å². The Balaban J connectivity index is 2.58. The second-order valence-corrected chi connectivity index (χ2v) is 15.8. The van der Waals surface area contributed by atoms with Gasteiger partial charge in [-0.05, 0) is 19.3 Å². The van der Waals surface area contributed by atoms with Crippen molar-refractivity contribution < 1.29 is 57.0 Å². The van der Waals surface area contributed by atoms with Crippen molar-refractivity contribution in [2.45, 2.75) is 217 Å². The van der Waals surface area contributed by atoms with E-state index in [2.05, 4.69) is 23.3 Å². The molecule has 1 aliphatic rings. The van der Waals surface area contributed by atoms with E-state index in [9.17, 15) is 38.7 Å². The molecule has 7 N–H and O–H groups in total. The number of hydrogen-bond acceptors (Lipinski definition) is 11. The highest BCUT2D eigenvalue weighted by Gasteiger charge is 2.48. The van der Waals surface area contributed by atoms with Gasteiger partial charge in [0.1, 0.15) is 30.5 Å². The molecule has 0 aliphatic carbocycles. The molecule has 1 saturated heterocycles. The fourth-order valence-corrected chi connectivity index (χ4v) is 7.09. The van der Waals surface area contributed by atoms with Crippen molar-refractivity contribution in [1.82, 2.24) is 5.32 Å². The number of ether oxygens (including phenoxy) is 2. The Bertz CT molecular complexity index is 1030. The van der Waals surface area contributed by atoms with Crippen molar-refractivity contribution in [1.29, 1.82) is 0 Å². The lowest BCUT2D eigenvalue weighted by atomic mass is 9.99. The van der Waals surface area contributed by atoms with Crippen molar-refractivity contribution >= 4 is 16.3 Å². The van der Waals surface area contributed by atoms with Gasteiger partial charge >= 0.3 is 10.4 Å². The average molecular weight is 782 g/mol. The van der Waals surface area contributed by atoms with Gasteiger partial charge in [-0.2, -0.15) is 8.42 Å². The molecule has 1 aliphatic heterocycles. The van der Waals surface area contributed by atoms with Crippen LogP contribution in [-0.2, 0) is 28.9 Å². The molecule has 0 saturated carbocycles. The van der Waals surface area contributed by atoms with Crippen molar-refractivity contribution in [3.8, 4) is 0 Å². The number of allylic oxidation sites excluding steroid dienone is 1. The quantitative estimate of drug-likeness (QED) is 0.0235. The zero-order valence-electron chi connectivity index (χ0n) is 32.7. The van der Waals surface area contributed by atoms with Gasteiger partial charge in [-0.15, -0.1) is 0 Å². The molecular weight excluding hydrogens is 706 g/mol. The summed E-state index contributed by atoms with van der Waals surface area (Å²) in [4.78, 5) is 13.0. The van der Waals surface area contributed by atoms with Crippen molar-refractivity contribution in [3.05, 3.63) is 12.2 Å². The number of hydrogen-bond donors (Lipinski definition) is 7. The first kappa shape index (κ1) is 49.8. The predicted molar refractivity (Wildman–Crippen MR) is 205 cm³/mol. The van der Waals surface area contributed by atoms with Crippen LogP contribution >= 0.6 is 0 Å². The topological polar surface area (TPSA) is 212 Å². The minimum Gasteiger partial charge on any atom is -0.394 e. The molecule has 1 heterocycles. The zero-order valence-corrected chi connectivity index (χ0v) is 33.5. The standard InChI is InChI=1S/C39H75NO12S/c1-3-5-7-9-11-13-14-15-16-17-18-19-20-22-24-26-28-33(43)38(46)40-31(32(42)27-25-23-21-12-10-8-6-4-2)30-50-39-36(45)37(52-53(47,48)49)35(44)34(29-41)51-39/h25,27,31-37,39,41-45H,3-24,26,28-30H2,1-2H3,(H,40,46)(H,47,48,49)/b27-25+. The summed E-state index contributed by atoms with van der Waals surface area (Å²) < 4.78 is 47.2. The summed E-state index contributed by atoms with van der Waals surface area (Å²) in [6, 6.07) is -1.11. The Kier molecular flexibility index (Phi) is 29.1. The first-order chi connectivity index (χ1) is 25.4. The Labute approximate surface area is 320 Å². The number of rotatable bonds is 34. The molecule has 1 rings (SSSR count). The molecule has 0 aromatic heterocycles. The lowest BCUT2D eigenvalue weighted by Crippen LogP contribution is -2.61. The molecule has 8 unspecified atom stereocenters. The molecule has 0 bridgehead atoms. The first-order valence-electron chi connectivity index (χ1n) is 20.7. The van der Waals surface area contributed by atoms with Crippen LogP contribution in [0.4, 0.5) is 0 Å². The lowest BCUT2D eigenvalue weighted by Gasteiger charge is -2.41. The second-order valence-electron chi connectivity index (χ2n) is 14.7. The number of carbonyl (C=O) groups is 1. The minimum atomic E-state index is -5.11. The number of aliphatic hydroxyl groups is 5. The van der Waals surface area contributed by atoms with Crippen molar-refractivity contribution in [2.75, 3.05) is 13.2 Å². The minimum absolute atomic E-state index is 0.247. The van der Waals surface area contributed by atoms with E-state index in [0.29, 0.717) is 12.8 Å². The van der Waals surface area contributed by atoms with Crippen LogP contribution in [0, 0.1) is 0 Å². The van der Waals surface area contributed by atoms with Crippen LogP contribution in [0.3, 0.4) is 0 Å². The molecule has 8 atom stereocenters. The highest BCUT2D eigenvalue weighted by Crippen LogP contribution is 2.26. The number of carbonyl (C=O) groups excluding carboxylic acids is 1. The maximum atomic E-state index is 13.0. The predicted octanol–water partition coefficient (Wildman–Crippen LogP) is 5.80. The largest absolute Gasteiger partial charge is 0.397 e. The zero-order chi connectivity index (χ0) is 39.3. The van der Waals surface area contributed by atoms with Crippen molar-refractivity contribution in [3.63, 3.8) is 0 Å². The SMILES string of the molecule is CCCCCCCC/C=C/C(O)C(COC1OC(CO)C(O)C(OS(=O)(=O)O)C1O)NC(=O)C(O)CCCCCCCCCCCCCCCCCC. The lowest BCUT2D eigenvalue weighted by molar-refractivity contribution is -0.298. The Morgan fingerprint density at radius 1 is 0.755 bits per heavy atom. The van der Waals surface area contributed by atoms with Gasteiger partial charge in [0.05, 0.1) is 25.4 Å².